The lowest BCUT2D eigenvalue weighted by Gasteiger charge is -2.06. The lowest BCUT2D eigenvalue weighted by Crippen LogP contribution is -2.22. The highest BCUT2D eigenvalue weighted by molar-refractivity contribution is 5.94. The first-order valence-corrected chi connectivity index (χ1v) is 6.04. The molecule has 2 aromatic carbocycles. The molecule has 2 rings (SSSR count). The molecular formula is C15H16N2O2. The molecule has 0 aliphatic carbocycles. The molecule has 0 spiro atoms. The quantitative estimate of drug-likeness (QED) is 0.780. The van der Waals surface area contributed by atoms with Gasteiger partial charge in [0, 0.05) is 18.7 Å². The van der Waals surface area contributed by atoms with Crippen LogP contribution < -0.4 is 11.1 Å². The molecule has 4 N–H and O–H groups in total. The molecular weight excluding hydrogens is 240 g/mol. The molecule has 4 heteroatoms. The third kappa shape index (κ3) is 3.56. The van der Waals surface area contributed by atoms with Crippen LogP contribution in [0.25, 0.3) is 0 Å². The van der Waals surface area contributed by atoms with E-state index in [0.29, 0.717) is 18.7 Å². The molecule has 0 fully saturated rings. The van der Waals surface area contributed by atoms with E-state index in [1.165, 1.54) is 12.1 Å². The van der Waals surface area contributed by atoms with Crippen LogP contribution in [0.15, 0.2) is 48.5 Å². The van der Waals surface area contributed by atoms with Crippen molar-refractivity contribution in [3.05, 3.63) is 65.2 Å². The van der Waals surface area contributed by atoms with Gasteiger partial charge in [0.1, 0.15) is 5.75 Å². The van der Waals surface area contributed by atoms with Crippen molar-refractivity contribution in [3.8, 4) is 5.75 Å². The minimum atomic E-state index is -0.164. The van der Waals surface area contributed by atoms with Crippen molar-refractivity contribution in [3.63, 3.8) is 0 Å². The molecule has 0 heterocycles. The molecule has 0 aromatic heterocycles. The van der Waals surface area contributed by atoms with Gasteiger partial charge >= 0.3 is 0 Å². The van der Waals surface area contributed by atoms with E-state index in [1.807, 2.05) is 24.3 Å². The third-order valence-corrected chi connectivity index (χ3v) is 2.84. The number of phenols is 1. The first-order chi connectivity index (χ1) is 9.19. The van der Waals surface area contributed by atoms with Gasteiger partial charge in [-0.1, -0.05) is 24.3 Å². The van der Waals surface area contributed by atoms with Gasteiger partial charge in [-0.05, 0) is 35.4 Å². The molecule has 0 atom stereocenters. The summed E-state index contributed by atoms with van der Waals surface area (Å²) >= 11 is 0. The molecule has 98 valence electrons. The van der Waals surface area contributed by atoms with Gasteiger partial charge in [0.15, 0.2) is 0 Å². The Labute approximate surface area is 111 Å². The largest absolute Gasteiger partial charge is 0.508 e. The normalized spacial score (nSPS) is 10.2. The molecule has 0 radical (unpaired) electrons. The van der Waals surface area contributed by atoms with E-state index >= 15 is 0 Å². The molecule has 0 aliphatic heterocycles. The number of hydrogen-bond donors (Lipinski definition) is 3. The van der Waals surface area contributed by atoms with E-state index in [9.17, 15) is 4.79 Å². The summed E-state index contributed by atoms with van der Waals surface area (Å²) < 4.78 is 0. The van der Waals surface area contributed by atoms with Gasteiger partial charge in [0.2, 0.25) is 0 Å². The first-order valence-electron chi connectivity index (χ1n) is 6.04. The predicted molar refractivity (Wildman–Crippen MR) is 73.6 cm³/mol. The number of carbonyl (C=O) groups excluding carboxylic acids is 1. The Balaban J connectivity index is 1.94. The zero-order chi connectivity index (χ0) is 13.7. The summed E-state index contributed by atoms with van der Waals surface area (Å²) in [6.45, 7) is 0.977. The average Bonchev–Trinajstić information content (AvgIpc) is 2.46. The second-order valence-corrected chi connectivity index (χ2v) is 4.25. The van der Waals surface area contributed by atoms with Gasteiger partial charge in [-0.3, -0.25) is 4.79 Å². The number of amides is 1. The number of hydrogen-bond acceptors (Lipinski definition) is 3. The highest BCUT2D eigenvalue weighted by Gasteiger charge is 2.04. The van der Waals surface area contributed by atoms with Gasteiger partial charge in [0.25, 0.3) is 5.91 Å². The van der Waals surface area contributed by atoms with E-state index in [4.69, 9.17) is 10.8 Å². The van der Waals surface area contributed by atoms with Crippen LogP contribution >= 0.6 is 0 Å². The molecule has 0 bridgehead atoms. The first kappa shape index (κ1) is 13.1. The number of benzene rings is 2. The second-order valence-electron chi connectivity index (χ2n) is 4.25. The smallest absolute Gasteiger partial charge is 0.251 e. The fraction of sp³-hybridized carbons (Fsp3) is 0.133. The summed E-state index contributed by atoms with van der Waals surface area (Å²) in [5.74, 6) is -0.0168. The van der Waals surface area contributed by atoms with E-state index in [1.54, 1.807) is 12.1 Å². The Bertz CT molecular complexity index is 547. The highest BCUT2D eigenvalue weighted by atomic mass is 16.3. The molecule has 0 saturated carbocycles. The zero-order valence-electron chi connectivity index (χ0n) is 10.5. The van der Waals surface area contributed by atoms with Gasteiger partial charge in [-0.15, -0.1) is 0 Å². The SMILES string of the molecule is NCc1ccc(CNC(=O)c2ccc(O)cc2)cc1. The van der Waals surface area contributed by atoms with E-state index in [0.717, 1.165) is 11.1 Å². The molecule has 1 amide bonds. The molecule has 0 unspecified atom stereocenters. The minimum absolute atomic E-state index is 0.147. The highest BCUT2D eigenvalue weighted by Crippen LogP contribution is 2.10. The molecule has 0 saturated heterocycles. The van der Waals surface area contributed by atoms with Crippen molar-refractivity contribution < 1.29 is 9.90 Å². The maximum Gasteiger partial charge on any atom is 0.251 e. The second kappa shape index (κ2) is 6.02. The average molecular weight is 256 g/mol. The van der Waals surface area contributed by atoms with Crippen molar-refractivity contribution in [2.24, 2.45) is 5.73 Å². The van der Waals surface area contributed by atoms with Crippen LogP contribution in [0.1, 0.15) is 21.5 Å². The third-order valence-electron chi connectivity index (χ3n) is 2.84. The van der Waals surface area contributed by atoms with Crippen LogP contribution in [0, 0.1) is 0 Å². The molecule has 19 heavy (non-hydrogen) atoms. The van der Waals surface area contributed by atoms with Crippen molar-refractivity contribution >= 4 is 5.91 Å². The number of phenolic OH excluding ortho intramolecular Hbond substituents is 1. The Morgan fingerprint density at radius 1 is 1.00 bits per heavy atom. The van der Waals surface area contributed by atoms with Crippen LogP contribution in [0.2, 0.25) is 0 Å². The monoisotopic (exact) mass is 256 g/mol. The number of nitrogens with two attached hydrogens (primary N) is 1. The van der Waals surface area contributed by atoms with Gasteiger partial charge in [-0.2, -0.15) is 0 Å². The lowest BCUT2D eigenvalue weighted by atomic mass is 10.1. The van der Waals surface area contributed by atoms with Crippen molar-refractivity contribution in [1.29, 1.82) is 0 Å². The van der Waals surface area contributed by atoms with Gasteiger partial charge in [-0.25, -0.2) is 0 Å². The number of aromatic hydroxyl groups is 1. The van der Waals surface area contributed by atoms with Crippen LogP contribution in [-0.2, 0) is 13.1 Å². The van der Waals surface area contributed by atoms with Gasteiger partial charge in [0.05, 0.1) is 0 Å². The van der Waals surface area contributed by atoms with Crippen molar-refractivity contribution in [2.75, 3.05) is 0 Å². The van der Waals surface area contributed by atoms with Crippen LogP contribution in [0.3, 0.4) is 0 Å². The van der Waals surface area contributed by atoms with Crippen LogP contribution in [0.4, 0.5) is 0 Å². The van der Waals surface area contributed by atoms with Gasteiger partial charge < -0.3 is 16.2 Å². The van der Waals surface area contributed by atoms with E-state index in [-0.39, 0.29) is 11.7 Å². The number of rotatable bonds is 4. The van der Waals surface area contributed by atoms with Crippen molar-refractivity contribution in [2.45, 2.75) is 13.1 Å². The summed E-state index contributed by atoms with van der Waals surface area (Å²) in [7, 11) is 0. The zero-order valence-corrected chi connectivity index (χ0v) is 10.5. The lowest BCUT2D eigenvalue weighted by molar-refractivity contribution is 0.0951. The Morgan fingerprint density at radius 2 is 1.58 bits per heavy atom. The Morgan fingerprint density at radius 3 is 2.16 bits per heavy atom. The molecule has 4 nitrogen and oxygen atoms in total. The summed E-state index contributed by atoms with van der Waals surface area (Å²) in [5.41, 5.74) is 8.13. The molecule has 0 aliphatic rings. The fourth-order valence-electron chi connectivity index (χ4n) is 1.69. The summed E-state index contributed by atoms with van der Waals surface area (Å²) in [4.78, 5) is 11.8. The summed E-state index contributed by atoms with van der Waals surface area (Å²) in [6, 6.07) is 13.9. The van der Waals surface area contributed by atoms with Crippen LogP contribution in [0.5, 0.6) is 5.75 Å². The Kier molecular flexibility index (Phi) is 4.15. The maximum absolute atomic E-state index is 11.8. The van der Waals surface area contributed by atoms with E-state index in [2.05, 4.69) is 5.32 Å². The number of carbonyl (C=O) groups is 1. The summed E-state index contributed by atoms with van der Waals surface area (Å²) in [6.07, 6.45) is 0. The fourth-order valence-corrected chi connectivity index (χ4v) is 1.69. The molecule has 2 aromatic rings. The summed E-state index contributed by atoms with van der Waals surface area (Å²) in [5, 5.41) is 12.0. The topological polar surface area (TPSA) is 75.3 Å². The standard InChI is InChI=1S/C15H16N2O2/c16-9-11-1-3-12(4-2-11)10-17-15(19)13-5-7-14(18)8-6-13/h1-8,18H,9-10,16H2,(H,17,19). The van der Waals surface area contributed by atoms with E-state index < -0.39 is 0 Å². The maximum atomic E-state index is 11.8. The number of nitrogens with one attached hydrogen (secondary N) is 1. The predicted octanol–water partition coefficient (Wildman–Crippen LogP) is 1.78. The van der Waals surface area contributed by atoms with Crippen molar-refractivity contribution in [1.82, 2.24) is 5.32 Å². The Hall–Kier alpha value is -2.33. The van der Waals surface area contributed by atoms with Crippen LogP contribution in [-0.4, -0.2) is 11.0 Å². The minimum Gasteiger partial charge on any atom is -0.508 e.